The van der Waals surface area contributed by atoms with Gasteiger partial charge in [0.1, 0.15) is 0 Å². The van der Waals surface area contributed by atoms with E-state index in [1.54, 1.807) is 0 Å². The first kappa shape index (κ1) is 22.0. The Hall–Kier alpha value is -2.86. The van der Waals surface area contributed by atoms with Crippen LogP contribution in [0.5, 0.6) is 0 Å². The smallest absolute Gasteiger partial charge is 0.170 e. The zero-order chi connectivity index (χ0) is 22.5. The molecule has 0 bridgehead atoms. The Morgan fingerprint density at radius 2 is 1.82 bits per heavy atom. The van der Waals surface area contributed by atoms with Crippen molar-refractivity contribution >= 4 is 23.0 Å². The molecular formula is C27H33N5S. The van der Waals surface area contributed by atoms with Crippen LogP contribution in [0.25, 0.3) is 0 Å². The Morgan fingerprint density at radius 1 is 1.00 bits per heavy atom. The number of pyridine rings is 1. The van der Waals surface area contributed by atoms with Gasteiger partial charge in [0.2, 0.25) is 0 Å². The van der Waals surface area contributed by atoms with Gasteiger partial charge in [0, 0.05) is 43.4 Å². The van der Waals surface area contributed by atoms with Crippen LogP contribution in [0.15, 0.2) is 73.2 Å². The van der Waals surface area contributed by atoms with Crippen molar-refractivity contribution in [2.75, 3.05) is 18.4 Å². The van der Waals surface area contributed by atoms with Gasteiger partial charge >= 0.3 is 0 Å². The first-order valence-corrected chi connectivity index (χ1v) is 12.6. The highest BCUT2D eigenvalue weighted by Crippen LogP contribution is 2.39. The van der Waals surface area contributed by atoms with E-state index in [-0.39, 0.29) is 12.1 Å². The molecule has 2 N–H and O–H groups in total. The van der Waals surface area contributed by atoms with Gasteiger partial charge in [-0.1, -0.05) is 43.5 Å². The number of hydrogen-bond donors (Lipinski definition) is 2. The van der Waals surface area contributed by atoms with Crippen molar-refractivity contribution in [3.05, 3.63) is 84.4 Å². The minimum atomic E-state index is 0.0583. The van der Waals surface area contributed by atoms with Crippen LogP contribution in [0.3, 0.4) is 0 Å². The Kier molecular flexibility index (Phi) is 6.91. The molecule has 1 aliphatic carbocycles. The van der Waals surface area contributed by atoms with Gasteiger partial charge in [-0.2, -0.15) is 0 Å². The van der Waals surface area contributed by atoms with Crippen molar-refractivity contribution in [1.82, 2.24) is 19.8 Å². The Morgan fingerprint density at radius 3 is 2.61 bits per heavy atom. The third-order valence-electron chi connectivity index (χ3n) is 6.95. The van der Waals surface area contributed by atoms with E-state index in [1.165, 1.54) is 37.7 Å². The standard InChI is InChI=1S/C27H33N5S/c33-27-30-25(24-14-7-8-16-29-24)26(21-15-19-31(20-21)23-12-5-2-6-13-23)32(27)18-9-17-28-22-10-3-1-4-11-22/h1,3-4,7-8,10-11,14-16,19-20,23,25-26,28H,2,5-6,9,12-13,17-18H2,(H,30,33)/t25-,26-/m0/s1. The predicted octanol–water partition coefficient (Wildman–Crippen LogP) is 5.86. The summed E-state index contributed by atoms with van der Waals surface area (Å²) in [6.07, 6.45) is 14.1. The third-order valence-corrected chi connectivity index (χ3v) is 7.30. The lowest BCUT2D eigenvalue weighted by atomic mass is 9.95. The van der Waals surface area contributed by atoms with Crippen molar-refractivity contribution in [3.8, 4) is 0 Å². The number of para-hydroxylation sites is 1. The SMILES string of the molecule is S=C1N[C@@H](c2ccccn2)[C@H](c2ccn(C3CCCCC3)c2)N1CCCNc1ccccc1. The summed E-state index contributed by atoms with van der Waals surface area (Å²) in [7, 11) is 0. The third kappa shape index (κ3) is 5.06. The predicted molar refractivity (Wildman–Crippen MR) is 138 cm³/mol. The van der Waals surface area contributed by atoms with E-state index >= 15 is 0 Å². The highest BCUT2D eigenvalue weighted by Gasteiger charge is 2.39. The molecule has 2 fully saturated rings. The summed E-state index contributed by atoms with van der Waals surface area (Å²) in [5.41, 5.74) is 3.52. The van der Waals surface area contributed by atoms with E-state index in [1.807, 2.05) is 18.3 Å². The van der Waals surface area contributed by atoms with Crippen LogP contribution in [-0.4, -0.2) is 32.7 Å². The molecule has 1 saturated carbocycles. The molecule has 0 radical (unpaired) electrons. The summed E-state index contributed by atoms with van der Waals surface area (Å²) >= 11 is 5.83. The molecule has 3 aromatic rings. The number of nitrogens with zero attached hydrogens (tertiary/aromatic N) is 3. The van der Waals surface area contributed by atoms with Gasteiger partial charge in [0.25, 0.3) is 0 Å². The molecule has 1 saturated heterocycles. The molecule has 33 heavy (non-hydrogen) atoms. The molecule has 0 amide bonds. The fraction of sp³-hybridized carbons (Fsp3) is 0.407. The minimum absolute atomic E-state index is 0.0583. The van der Waals surface area contributed by atoms with Crippen molar-refractivity contribution in [2.24, 2.45) is 0 Å². The maximum absolute atomic E-state index is 5.83. The second kappa shape index (κ2) is 10.4. The van der Waals surface area contributed by atoms with Gasteiger partial charge in [-0.3, -0.25) is 4.98 Å². The van der Waals surface area contributed by atoms with E-state index in [0.717, 1.165) is 36.0 Å². The zero-order valence-electron chi connectivity index (χ0n) is 19.1. The van der Waals surface area contributed by atoms with Crippen LogP contribution in [0.4, 0.5) is 5.69 Å². The van der Waals surface area contributed by atoms with Crippen LogP contribution in [0.2, 0.25) is 0 Å². The number of thiocarbonyl (C=S) groups is 1. The van der Waals surface area contributed by atoms with Gasteiger partial charge in [-0.05, 0) is 67.4 Å². The number of hydrogen-bond acceptors (Lipinski definition) is 3. The van der Waals surface area contributed by atoms with Crippen LogP contribution < -0.4 is 10.6 Å². The molecule has 3 heterocycles. The van der Waals surface area contributed by atoms with Crippen molar-refractivity contribution in [2.45, 2.75) is 56.7 Å². The van der Waals surface area contributed by atoms with Crippen LogP contribution in [0.1, 0.15) is 67.9 Å². The summed E-state index contributed by atoms with van der Waals surface area (Å²) in [6.45, 7) is 1.81. The van der Waals surface area contributed by atoms with Crippen molar-refractivity contribution in [1.29, 1.82) is 0 Å². The van der Waals surface area contributed by atoms with Gasteiger partial charge < -0.3 is 20.1 Å². The molecule has 172 valence electrons. The molecule has 2 aliphatic rings. The van der Waals surface area contributed by atoms with Gasteiger partial charge in [-0.15, -0.1) is 0 Å². The lowest BCUT2D eigenvalue weighted by molar-refractivity contribution is 0.314. The first-order valence-electron chi connectivity index (χ1n) is 12.2. The Labute approximate surface area is 202 Å². The monoisotopic (exact) mass is 459 g/mol. The maximum Gasteiger partial charge on any atom is 0.170 e. The average molecular weight is 460 g/mol. The second-order valence-electron chi connectivity index (χ2n) is 9.15. The lowest BCUT2D eigenvalue weighted by Gasteiger charge is -2.28. The molecule has 1 aromatic carbocycles. The number of benzene rings is 1. The molecule has 6 heteroatoms. The fourth-order valence-electron chi connectivity index (χ4n) is 5.26. The Bertz CT molecular complexity index is 1030. The summed E-state index contributed by atoms with van der Waals surface area (Å²) < 4.78 is 2.44. The van der Waals surface area contributed by atoms with Crippen LogP contribution >= 0.6 is 12.2 Å². The van der Waals surface area contributed by atoms with Gasteiger partial charge in [-0.25, -0.2) is 0 Å². The van der Waals surface area contributed by atoms with Gasteiger partial charge in [0.05, 0.1) is 17.8 Å². The van der Waals surface area contributed by atoms with Crippen molar-refractivity contribution < 1.29 is 0 Å². The highest BCUT2D eigenvalue weighted by atomic mass is 32.1. The zero-order valence-corrected chi connectivity index (χ0v) is 19.9. The average Bonchev–Trinajstić information content (AvgIpc) is 3.48. The fourth-order valence-corrected chi connectivity index (χ4v) is 5.59. The summed E-state index contributed by atoms with van der Waals surface area (Å²) in [6, 6.07) is 19.6. The number of anilines is 1. The molecule has 0 spiro atoms. The highest BCUT2D eigenvalue weighted by molar-refractivity contribution is 7.80. The van der Waals surface area contributed by atoms with Gasteiger partial charge in [0.15, 0.2) is 5.11 Å². The normalized spacial score (nSPS) is 21.2. The maximum atomic E-state index is 5.83. The quantitative estimate of drug-likeness (QED) is 0.326. The summed E-state index contributed by atoms with van der Waals surface area (Å²) in [5, 5.41) is 7.92. The van der Waals surface area contributed by atoms with Crippen LogP contribution in [-0.2, 0) is 0 Å². The van der Waals surface area contributed by atoms with Crippen LogP contribution in [0, 0.1) is 0 Å². The number of nitrogens with one attached hydrogen (secondary N) is 2. The van der Waals surface area contributed by atoms with E-state index in [9.17, 15) is 0 Å². The minimum Gasteiger partial charge on any atom is -0.385 e. The second-order valence-corrected chi connectivity index (χ2v) is 9.54. The topological polar surface area (TPSA) is 45.1 Å². The van der Waals surface area contributed by atoms with E-state index in [2.05, 4.69) is 79.9 Å². The van der Waals surface area contributed by atoms with E-state index < -0.39 is 0 Å². The van der Waals surface area contributed by atoms with E-state index in [4.69, 9.17) is 12.2 Å². The molecule has 0 unspecified atom stereocenters. The largest absolute Gasteiger partial charge is 0.385 e. The first-order chi connectivity index (χ1) is 16.3. The summed E-state index contributed by atoms with van der Waals surface area (Å²) in [4.78, 5) is 7.03. The van der Waals surface area contributed by atoms with Crippen molar-refractivity contribution in [3.63, 3.8) is 0 Å². The number of rotatable bonds is 8. The molecular weight excluding hydrogens is 426 g/mol. The lowest BCUT2D eigenvalue weighted by Crippen LogP contribution is -2.31. The molecule has 2 atom stereocenters. The molecule has 5 rings (SSSR count). The van der Waals surface area contributed by atoms with E-state index in [0.29, 0.717) is 6.04 Å². The summed E-state index contributed by atoms with van der Waals surface area (Å²) in [5.74, 6) is 0. The molecule has 5 nitrogen and oxygen atoms in total. The number of aromatic nitrogens is 2. The molecule has 2 aromatic heterocycles. The molecule has 1 aliphatic heterocycles. The Balaban J connectivity index is 1.33.